The van der Waals surface area contributed by atoms with E-state index >= 15 is 0 Å². The minimum Gasteiger partial charge on any atom is -0.355 e. The molecule has 5 heteroatoms. The molecule has 3 N–H and O–H groups in total. The van der Waals surface area contributed by atoms with E-state index in [4.69, 9.17) is 5.73 Å². The summed E-state index contributed by atoms with van der Waals surface area (Å²) in [6.45, 7) is 3.91. The van der Waals surface area contributed by atoms with Gasteiger partial charge in [0.25, 0.3) is 0 Å². The van der Waals surface area contributed by atoms with E-state index in [-0.39, 0.29) is 11.9 Å². The van der Waals surface area contributed by atoms with Crippen LogP contribution in [0, 0.1) is 0 Å². The molecule has 1 aromatic carbocycles. The number of carbonyl (C=O) groups is 1. The molecule has 1 aliphatic heterocycles. The summed E-state index contributed by atoms with van der Waals surface area (Å²) in [5, 5.41) is 2.96. The van der Waals surface area contributed by atoms with Gasteiger partial charge in [-0.25, -0.2) is 0 Å². The van der Waals surface area contributed by atoms with Crippen LogP contribution in [0.4, 0.5) is 0 Å². The van der Waals surface area contributed by atoms with Crippen molar-refractivity contribution < 1.29 is 4.79 Å². The molecule has 0 bridgehead atoms. The molecule has 2 rings (SSSR count). The smallest absolute Gasteiger partial charge is 0.221 e. The van der Waals surface area contributed by atoms with Gasteiger partial charge in [-0.05, 0) is 5.56 Å². The first kappa shape index (κ1) is 15.4. The second-order valence-corrected chi connectivity index (χ2v) is 6.25. The summed E-state index contributed by atoms with van der Waals surface area (Å²) in [5.74, 6) is 2.44. The second-order valence-electron chi connectivity index (χ2n) is 5.03. The third-order valence-electron chi connectivity index (χ3n) is 3.49. The molecule has 0 aromatic heterocycles. The SMILES string of the molecule is NC(CC(=O)NCCN1CCSCC1)c1ccccc1. The van der Waals surface area contributed by atoms with Gasteiger partial charge in [-0.3, -0.25) is 9.69 Å². The third-order valence-corrected chi connectivity index (χ3v) is 4.43. The Bertz CT molecular complexity index is 407. The van der Waals surface area contributed by atoms with Crippen LogP contribution in [0.5, 0.6) is 0 Å². The molecule has 20 heavy (non-hydrogen) atoms. The molecule has 1 atom stereocenters. The summed E-state index contributed by atoms with van der Waals surface area (Å²) >= 11 is 2.00. The summed E-state index contributed by atoms with van der Waals surface area (Å²) in [6.07, 6.45) is 0.347. The molecule has 1 saturated heterocycles. The molecule has 0 aliphatic carbocycles. The summed E-state index contributed by atoms with van der Waals surface area (Å²) in [6, 6.07) is 9.55. The highest BCUT2D eigenvalue weighted by molar-refractivity contribution is 7.99. The lowest BCUT2D eigenvalue weighted by molar-refractivity contribution is -0.121. The van der Waals surface area contributed by atoms with Crippen molar-refractivity contribution in [2.75, 3.05) is 37.7 Å². The summed E-state index contributed by atoms with van der Waals surface area (Å²) in [4.78, 5) is 14.3. The maximum absolute atomic E-state index is 11.9. The van der Waals surface area contributed by atoms with Gasteiger partial charge in [-0.2, -0.15) is 11.8 Å². The van der Waals surface area contributed by atoms with Crippen molar-refractivity contribution in [1.29, 1.82) is 0 Å². The fraction of sp³-hybridized carbons (Fsp3) is 0.533. The van der Waals surface area contributed by atoms with Gasteiger partial charge < -0.3 is 11.1 Å². The zero-order valence-corrected chi connectivity index (χ0v) is 12.6. The van der Waals surface area contributed by atoms with E-state index in [1.54, 1.807) is 0 Å². The zero-order valence-electron chi connectivity index (χ0n) is 11.8. The maximum Gasteiger partial charge on any atom is 0.221 e. The zero-order chi connectivity index (χ0) is 14.2. The first-order valence-corrected chi connectivity index (χ1v) is 8.28. The number of hydrogen-bond donors (Lipinski definition) is 2. The van der Waals surface area contributed by atoms with Crippen molar-refractivity contribution in [2.45, 2.75) is 12.5 Å². The molecular formula is C15H23N3OS. The standard InChI is InChI=1S/C15H23N3OS/c16-14(13-4-2-1-3-5-13)12-15(19)17-6-7-18-8-10-20-11-9-18/h1-5,14H,6-12,16H2,(H,17,19). The molecule has 1 amide bonds. The largest absolute Gasteiger partial charge is 0.355 e. The Labute approximate surface area is 125 Å². The molecule has 1 fully saturated rings. The lowest BCUT2D eigenvalue weighted by atomic mass is 10.0. The van der Waals surface area contributed by atoms with Gasteiger partial charge in [0.2, 0.25) is 5.91 Å². The molecule has 1 aliphatic rings. The predicted octanol–water partition coefficient (Wildman–Crippen LogP) is 1.24. The van der Waals surface area contributed by atoms with Crippen LogP contribution < -0.4 is 11.1 Å². The number of carbonyl (C=O) groups excluding carboxylic acids is 1. The molecule has 0 saturated carbocycles. The molecule has 1 heterocycles. The van der Waals surface area contributed by atoms with Gasteiger partial charge in [0.15, 0.2) is 0 Å². The maximum atomic E-state index is 11.9. The van der Waals surface area contributed by atoms with Crippen LogP contribution >= 0.6 is 11.8 Å². The molecule has 0 spiro atoms. The molecule has 110 valence electrons. The number of benzene rings is 1. The number of nitrogens with two attached hydrogens (primary N) is 1. The first-order chi connectivity index (χ1) is 9.75. The Balaban J connectivity index is 1.65. The fourth-order valence-corrected chi connectivity index (χ4v) is 3.25. The normalized spacial score (nSPS) is 17.6. The second kappa shape index (κ2) is 8.29. The highest BCUT2D eigenvalue weighted by atomic mass is 32.2. The number of amides is 1. The number of nitrogens with one attached hydrogen (secondary N) is 1. The Morgan fingerprint density at radius 3 is 2.70 bits per heavy atom. The lowest BCUT2D eigenvalue weighted by Crippen LogP contribution is -2.39. The van der Waals surface area contributed by atoms with Gasteiger partial charge >= 0.3 is 0 Å². The Hall–Kier alpha value is -1.04. The molecule has 1 unspecified atom stereocenters. The van der Waals surface area contributed by atoms with E-state index in [9.17, 15) is 4.79 Å². The fourth-order valence-electron chi connectivity index (χ4n) is 2.27. The van der Waals surface area contributed by atoms with Gasteiger partial charge in [-0.1, -0.05) is 30.3 Å². The molecule has 0 radical (unpaired) electrons. The van der Waals surface area contributed by atoms with Crippen LogP contribution in [-0.2, 0) is 4.79 Å². The number of rotatable bonds is 6. The Morgan fingerprint density at radius 1 is 1.30 bits per heavy atom. The quantitative estimate of drug-likeness (QED) is 0.828. The predicted molar refractivity (Wildman–Crippen MR) is 84.8 cm³/mol. The topological polar surface area (TPSA) is 58.4 Å². The molecule has 4 nitrogen and oxygen atoms in total. The van der Waals surface area contributed by atoms with E-state index in [1.807, 2.05) is 42.1 Å². The van der Waals surface area contributed by atoms with Crippen LogP contribution in [0.25, 0.3) is 0 Å². The summed E-state index contributed by atoms with van der Waals surface area (Å²) in [7, 11) is 0. The lowest BCUT2D eigenvalue weighted by Gasteiger charge is -2.26. The summed E-state index contributed by atoms with van der Waals surface area (Å²) in [5.41, 5.74) is 7.05. The number of thioether (sulfide) groups is 1. The van der Waals surface area contributed by atoms with E-state index in [2.05, 4.69) is 10.2 Å². The third kappa shape index (κ3) is 5.15. The highest BCUT2D eigenvalue weighted by Crippen LogP contribution is 2.12. The minimum atomic E-state index is -0.220. The minimum absolute atomic E-state index is 0.0349. The average Bonchev–Trinajstić information content (AvgIpc) is 2.49. The highest BCUT2D eigenvalue weighted by Gasteiger charge is 2.12. The molecular weight excluding hydrogens is 270 g/mol. The Morgan fingerprint density at radius 2 is 2.00 bits per heavy atom. The summed E-state index contributed by atoms with van der Waals surface area (Å²) < 4.78 is 0. The van der Waals surface area contributed by atoms with Crippen molar-refractivity contribution in [2.24, 2.45) is 5.73 Å². The monoisotopic (exact) mass is 293 g/mol. The number of nitrogens with zero attached hydrogens (tertiary/aromatic N) is 1. The van der Waals surface area contributed by atoms with E-state index in [0.29, 0.717) is 13.0 Å². The van der Waals surface area contributed by atoms with Crippen LogP contribution in [0.1, 0.15) is 18.0 Å². The van der Waals surface area contributed by atoms with E-state index < -0.39 is 0 Å². The average molecular weight is 293 g/mol. The van der Waals surface area contributed by atoms with Crippen molar-refractivity contribution in [3.63, 3.8) is 0 Å². The van der Waals surface area contributed by atoms with E-state index in [0.717, 1.165) is 25.2 Å². The van der Waals surface area contributed by atoms with Gasteiger partial charge in [0.05, 0.1) is 0 Å². The van der Waals surface area contributed by atoms with Crippen LogP contribution in [0.3, 0.4) is 0 Å². The van der Waals surface area contributed by atoms with Gasteiger partial charge in [0.1, 0.15) is 0 Å². The number of hydrogen-bond acceptors (Lipinski definition) is 4. The van der Waals surface area contributed by atoms with Crippen LogP contribution in [-0.4, -0.2) is 48.5 Å². The van der Waals surface area contributed by atoms with Crippen molar-refractivity contribution in [1.82, 2.24) is 10.2 Å². The van der Waals surface area contributed by atoms with Crippen LogP contribution in [0.15, 0.2) is 30.3 Å². The van der Waals surface area contributed by atoms with Crippen molar-refractivity contribution in [3.8, 4) is 0 Å². The first-order valence-electron chi connectivity index (χ1n) is 7.13. The van der Waals surface area contributed by atoms with Crippen molar-refractivity contribution >= 4 is 17.7 Å². The van der Waals surface area contributed by atoms with Crippen molar-refractivity contribution in [3.05, 3.63) is 35.9 Å². The van der Waals surface area contributed by atoms with E-state index in [1.165, 1.54) is 11.5 Å². The van der Waals surface area contributed by atoms with Gasteiger partial charge in [0, 0.05) is 50.1 Å². The Kier molecular flexibility index (Phi) is 6.36. The van der Waals surface area contributed by atoms with Crippen LogP contribution in [0.2, 0.25) is 0 Å². The molecule has 1 aromatic rings. The van der Waals surface area contributed by atoms with Gasteiger partial charge in [-0.15, -0.1) is 0 Å².